The van der Waals surface area contributed by atoms with Gasteiger partial charge in [0.2, 0.25) is 0 Å². The van der Waals surface area contributed by atoms with Crippen molar-refractivity contribution in [2.24, 2.45) is 0 Å². The molecule has 0 radical (unpaired) electrons. The molecule has 0 fully saturated rings. The Bertz CT molecular complexity index is 426. The summed E-state index contributed by atoms with van der Waals surface area (Å²) >= 11 is 2.63. The summed E-state index contributed by atoms with van der Waals surface area (Å²) in [6, 6.07) is 0.701. The van der Waals surface area contributed by atoms with E-state index >= 15 is 0 Å². The third kappa shape index (κ3) is 2.23. The van der Waals surface area contributed by atoms with Gasteiger partial charge in [0, 0.05) is 4.47 Å². The summed E-state index contributed by atoms with van der Waals surface area (Å²) in [6.07, 6.45) is -5.25. The minimum atomic E-state index is -5.25. The van der Waals surface area contributed by atoms with Crippen molar-refractivity contribution >= 4 is 21.7 Å². The van der Waals surface area contributed by atoms with Crippen molar-refractivity contribution in [3.63, 3.8) is 0 Å². The molecule has 0 aromatic heterocycles. The average molecular weight is 303 g/mol. The van der Waals surface area contributed by atoms with E-state index in [9.17, 15) is 26.7 Å². The predicted octanol–water partition coefficient (Wildman–Crippen LogP) is 3.78. The number of halogens is 6. The maximum Gasteiger partial charge on any atom is 0.455 e. The molecule has 88 valence electrons. The van der Waals surface area contributed by atoms with Crippen molar-refractivity contribution in [1.82, 2.24) is 0 Å². The number of hydrogen-bond acceptors (Lipinski definition) is 1. The fraction of sp³-hybridized carbons (Fsp3) is 0.222. The van der Waals surface area contributed by atoms with Crippen molar-refractivity contribution in [2.75, 3.05) is 0 Å². The lowest BCUT2D eigenvalue weighted by Gasteiger charge is -2.10. The summed E-state index contributed by atoms with van der Waals surface area (Å²) in [6.45, 7) is 1.25. The Balaban J connectivity index is 3.50. The highest BCUT2D eigenvalue weighted by atomic mass is 79.9. The molecule has 7 heteroatoms. The first-order valence-electron chi connectivity index (χ1n) is 3.92. The molecule has 0 spiro atoms. The van der Waals surface area contributed by atoms with Gasteiger partial charge in [-0.15, -0.1) is 0 Å². The Hall–Kier alpha value is -0.980. The molecule has 1 aromatic rings. The maximum atomic E-state index is 13.1. The standard InChI is InChI=1S/C9H4BrF5O/c1-3-2-4(11)7(12)5(6(3)10)8(16)9(13,14)15/h2H,1H3. The third-order valence-corrected chi connectivity index (χ3v) is 2.84. The first-order chi connectivity index (χ1) is 7.16. The zero-order valence-electron chi connectivity index (χ0n) is 7.75. The lowest BCUT2D eigenvalue weighted by Crippen LogP contribution is -2.25. The van der Waals surface area contributed by atoms with Crippen molar-refractivity contribution in [2.45, 2.75) is 13.1 Å². The van der Waals surface area contributed by atoms with Gasteiger partial charge in [-0.3, -0.25) is 4.79 Å². The second-order valence-corrected chi connectivity index (χ2v) is 3.80. The molecular formula is C9H4BrF5O. The van der Waals surface area contributed by atoms with E-state index in [0.717, 1.165) is 0 Å². The minimum absolute atomic E-state index is 0.00602. The summed E-state index contributed by atoms with van der Waals surface area (Å²) < 4.78 is 61.9. The van der Waals surface area contributed by atoms with Gasteiger partial charge in [-0.05, 0) is 34.5 Å². The summed E-state index contributed by atoms with van der Waals surface area (Å²) in [5.74, 6) is -5.72. The van der Waals surface area contributed by atoms with Crippen LogP contribution in [0.2, 0.25) is 0 Å². The molecule has 0 unspecified atom stereocenters. The van der Waals surface area contributed by atoms with Crippen LogP contribution in [-0.4, -0.2) is 12.0 Å². The van der Waals surface area contributed by atoms with Gasteiger partial charge in [0.25, 0.3) is 5.78 Å². The second-order valence-electron chi connectivity index (χ2n) is 3.01. The van der Waals surface area contributed by atoms with Gasteiger partial charge in [-0.1, -0.05) is 0 Å². The highest BCUT2D eigenvalue weighted by Crippen LogP contribution is 2.31. The number of hydrogen-bond donors (Lipinski definition) is 0. The molecule has 0 saturated carbocycles. The summed E-state index contributed by atoms with van der Waals surface area (Å²) in [5.41, 5.74) is -1.32. The highest BCUT2D eigenvalue weighted by Gasteiger charge is 2.42. The molecule has 0 atom stereocenters. The lowest BCUT2D eigenvalue weighted by molar-refractivity contribution is -0.0888. The number of alkyl halides is 3. The van der Waals surface area contributed by atoms with E-state index in [4.69, 9.17) is 0 Å². The zero-order chi connectivity index (χ0) is 12.7. The lowest BCUT2D eigenvalue weighted by atomic mass is 10.1. The Morgan fingerprint density at radius 2 is 1.81 bits per heavy atom. The van der Waals surface area contributed by atoms with Crippen LogP contribution in [0, 0.1) is 18.6 Å². The Morgan fingerprint density at radius 1 is 1.31 bits per heavy atom. The number of rotatable bonds is 1. The molecular weight excluding hydrogens is 299 g/mol. The van der Waals surface area contributed by atoms with E-state index in [1.54, 1.807) is 0 Å². The molecule has 0 bridgehead atoms. The van der Waals surface area contributed by atoms with E-state index in [1.807, 2.05) is 0 Å². The van der Waals surface area contributed by atoms with Crippen molar-refractivity contribution < 1.29 is 26.7 Å². The molecule has 0 amide bonds. The monoisotopic (exact) mass is 302 g/mol. The molecule has 1 nitrogen and oxygen atoms in total. The fourth-order valence-corrected chi connectivity index (χ4v) is 1.54. The smallest absolute Gasteiger partial charge is 0.284 e. The second kappa shape index (κ2) is 4.12. The number of benzene rings is 1. The molecule has 0 aliphatic carbocycles. The number of Topliss-reactive ketones (excluding diaryl/α,β-unsaturated/α-hetero) is 1. The Labute approximate surface area is 95.4 Å². The third-order valence-electron chi connectivity index (χ3n) is 1.82. The predicted molar refractivity (Wildman–Crippen MR) is 49.2 cm³/mol. The quantitative estimate of drug-likeness (QED) is 0.438. The van der Waals surface area contributed by atoms with Crippen LogP contribution < -0.4 is 0 Å². The fourth-order valence-electron chi connectivity index (χ4n) is 1.07. The molecule has 1 rings (SSSR count). The molecule has 0 aliphatic heterocycles. The maximum absolute atomic E-state index is 13.1. The SMILES string of the molecule is Cc1cc(F)c(F)c(C(=O)C(F)(F)F)c1Br. The van der Waals surface area contributed by atoms with Crippen LogP contribution in [-0.2, 0) is 0 Å². The van der Waals surface area contributed by atoms with Gasteiger partial charge in [0.1, 0.15) is 0 Å². The summed E-state index contributed by atoms with van der Waals surface area (Å²) in [4.78, 5) is 10.9. The number of carbonyl (C=O) groups is 1. The van der Waals surface area contributed by atoms with Crippen molar-refractivity contribution in [3.8, 4) is 0 Å². The van der Waals surface area contributed by atoms with E-state index in [2.05, 4.69) is 15.9 Å². The summed E-state index contributed by atoms with van der Waals surface area (Å²) in [5, 5.41) is 0. The topological polar surface area (TPSA) is 17.1 Å². The van der Waals surface area contributed by atoms with Gasteiger partial charge in [-0.25, -0.2) is 8.78 Å². The first kappa shape index (κ1) is 13.1. The van der Waals surface area contributed by atoms with E-state index in [1.165, 1.54) is 6.92 Å². The average Bonchev–Trinajstić information content (AvgIpc) is 2.13. The number of ketones is 1. The molecule has 0 saturated heterocycles. The van der Waals surface area contributed by atoms with Crippen molar-refractivity contribution in [3.05, 3.63) is 33.3 Å². The summed E-state index contributed by atoms with van der Waals surface area (Å²) in [7, 11) is 0. The highest BCUT2D eigenvalue weighted by molar-refractivity contribution is 9.10. The van der Waals surface area contributed by atoms with Gasteiger partial charge in [0.05, 0.1) is 5.56 Å². The Morgan fingerprint density at radius 3 is 2.25 bits per heavy atom. The van der Waals surface area contributed by atoms with Gasteiger partial charge in [-0.2, -0.15) is 13.2 Å². The zero-order valence-corrected chi connectivity index (χ0v) is 9.34. The van der Waals surface area contributed by atoms with Gasteiger partial charge < -0.3 is 0 Å². The Kier molecular flexibility index (Phi) is 3.37. The van der Waals surface area contributed by atoms with Crippen LogP contribution in [0.15, 0.2) is 10.5 Å². The molecule has 0 heterocycles. The minimum Gasteiger partial charge on any atom is -0.284 e. The largest absolute Gasteiger partial charge is 0.455 e. The van der Waals surface area contributed by atoms with Gasteiger partial charge >= 0.3 is 6.18 Å². The van der Waals surface area contributed by atoms with E-state index in [-0.39, 0.29) is 5.56 Å². The van der Waals surface area contributed by atoms with Gasteiger partial charge in [0.15, 0.2) is 11.6 Å². The molecule has 0 aliphatic rings. The molecule has 16 heavy (non-hydrogen) atoms. The van der Waals surface area contributed by atoms with Crippen LogP contribution >= 0.6 is 15.9 Å². The molecule has 0 N–H and O–H groups in total. The van der Waals surface area contributed by atoms with Crippen LogP contribution in [0.3, 0.4) is 0 Å². The van der Waals surface area contributed by atoms with E-state index < -0.39 is 33.6 Å². The van der Waals surface area contributed by atoms with Crippen LogP contribution in [0.25, 0.3) is 0 Å². The molecule has 1 aromatic carbocycles. The number of aryl methyl sites for hydroxylation is 1. The van der Waals surface area contributed by atoms with Crippen LogP contribution in [0.4, 0.5) is 22.0 Å². The normalized spacial score (nSPS) is 11.7. The van der Waals surface area contributed by atoms with Crippen LogP contribution in [0.1, 0.15) is 15.9 Å². The van der Waals surface area contributed by atoms with E-state index in [0.29, 0.717) is 6.07 Å². The first-order valence-corrected chi connectivity index (χ1v) is 4.71. The van der Waals surface area contributed by atoms with Crippen molar-refractivity contribution in [1.29, 1.82) is 0 Å². The van der Waals surface area contributed by atoms with Crippen LogP contribution in [0.5, 0.6) is 0 Å². The number of carbonyl (C=O) groups excluding carboxylic acids is 1.